The highest BCUT2D eigenvalue weighted by Crippen LogP contribution is 2.20. The number of ether oxygens (including phenoxy) is 1. The van der Waals surface area contributed by atoms with Crippen LogP contribution in [0.15, 0.2) is 0 Å². The zero-order chi connectivity index (χ0) is 11.4. The summed E-state index contributed by atoms with van der Waals surface area (Å²) in [7, 11) is 0. The van der Waals surface area contributed by atoms with E-state index in [0.717, 1.165) is 26.1 Å². The number of carbonyl (C=O) groups excluding carboxylic acids is 1. The van der Waals surface area contributed by atoms with E-state index in [1.165, 1.54) is 19.3 Å². The number of carbonyl (C=O) groups is 1. The highest BCUT2D eigenvalue weighted by atomic mass is 16.6. The van der Waals surface area contributed by atoms with E-state index in [-0.39, 0.29) is 12.2 Å². The number of rotatable bonds is 4. The lowest BCUT2D eigenvalue weighted by Crippen LogP contribution is -2.45. The predicted molar refractivity (Wildman–Crippen MR) is 61.2 cm³/mol. The number of alkyl carbamates (subject to hydrolysis) is 1. The molecule has 0 aromatic carbocycles. The van der Waals surface area contributed by atoms with Crippen molar-refractivity contribution in [1.82, 2.24) is 10.2 Å². The van der Waals surface area contributed by atoms with Crippen molar-refractivity contribution in [2.45, 2.75) is 37.8 Å². The second-order valence-corrected chi connectivity index (χ2v) is 4.63. The van der Waals surface area contributed by atoms with E-state index in [2.05, 4.69) is 10.2 Å². The molecule has 2 rings (SSSR count). The van der Waals surface area contributed by atoms with E-state index < -0.39 is 0 Å². The van der Waals surface area contributed by atoms with Crippen LogP contribution in [0.4, 0.5) is 4.79 Å². The molecule has 0 aromatic rings. The normalized spacial score (nSPS) is 31.2. The molecule has 5 heteroatoms. The third-order valence-corrected chi connectivity index (χ3v) is 3.43. The Bertz CT molecular complexity index is 245. The summed E-state index contributed by atoms with van der Waals surface area (Å²) in [5, 5.41) is 2.69. The Balaban J connectivity index is 1.83. The predicted octanol–water partition coefficient (Wildman–Crippen LogP) is 0.298. The number of cyclic esters (lactones) is 1. The molecule has 1 amide bonds. The number of hydrogen-bond donors (Lipinski definition) is 2. The van der Waals surface area contributed by atoms with E-state index >= 15 is 0 Å². The van der Waals surface area contributed by atoms with Crippen molar-refractivity contribution in [2.75, 3.05) is 26.2 Å². The molecule has 0 aromatic heterocycles. The molecule has 3 N–H and O–H groups in total. The fourth-order valence-corrected chi connectivity index (χ4v) is 2.61. The lowest BCUT2D eigenvalue weighted by Gasteiger charge is -2.36. The molecule has 2 fully saturated rings. The van der Waals surface area contributed by atoms with Gasteiger partial charge in [0.05, 0.1) is 6.54 Å². The number of likely N-dealkylation sites (tertiary alicyclic amines) is 1. The van der Waals surface area contributed by atoms with Crippen LogP contribution in [-0.4, -0.2) is 49.3 Å². The van der Waals surface area contributed by atoms with Gasteiger partial charge in [0, 0.05) is 12.6 Å². The monoisotopic (exact) mass is 227 g/mol. The minimum Gasteiger partial charge on any atom is -0.443 e. The maximum absolute atomic E-state index is 10.9. The van der Waals surface area contributed by atoms with Crippen LogP contribution in [0.1, 0.15) is 25.7 Å². The fraction of sp³-hybridized carbons (Fsp3) is 0.909. The molecule has 2 aliphatic rings. The van der Waals surface area contributed by atoms with Crippen molar-refractivity contribution >= 4 is 6.09 Å². The average molecular weight is 227 g/mol. The van der Waals surface area contributed by atoms with Gasteiger partial charge in [-0.2, -0.15) is 0 Å². The molecule has 92 valence electrons. The second kappa shape index (κ2) is 5.50. The SMILES string of the molecule is NCCC1CCCCN1CC1CNC(=O)O1. The van der Waals surface area contributed by atoms with Crippen LogP contribution in [-0.2, 0) is 4.74 Å². The average Bonchev–Trinajstić information content (AvgIpc) is 2.67. The minimum absolute atomic E-state index is 0.0193. The lowest BCUT2D eigenvalue weighted by molar-refractivity contribution is 0.0705. The smallest absolute Gasteiger partial charge is 0.407 e. The van der Waals surface area contributed by atoms with Gasteiger partial charge < -0.3 is 15.8 Å². The first-order valence-corrected chi connectivity index (χ1v) is 6.18. The first-order chi connectivity index (χ1) is 7.79. The fourth-order valence-electron chi connectivity index (χ4n) is 2.61. The second-order valence-electron chi connectivity index (χ2n) is 4.63. The molecule has 5 nitrogen and oxygen atoms in total. The Hall–Kier alpha value is -0.810. The number of amides is 1. The Morgan fingerprint density at radius 2 is 2.38 bits per heavy atom. The van der Waals surface area contributed by atoms with Gasteiger partial charge in [0.15, 0.2) is 0 Å². The third kappa shape index (κ3) is 2.86. The van der Waals surface area contributed by atoms with Crippen molar-refractivity contribution in [1.29, 1.82) is 0 Å². The summed E-state index contributed by atoms with van der Waals surface area (Å²) < 4.78 is 5.17. The summed E-state index contributed by atoms with van der Waals surface area (Å²) in [4.78, 5) is 13.4. The quantitative estimate of drug-likeness (QED) is 0.725. The van der Waals surface area contributed by atoms with Crippen LogP contribution < -0.4 is 11.1 Å². The Labute approximate surface area is 96.3 Å². The minimum atomic E-state index is -0.280. The Morgan fingerprint density at radius 1 is 1.50 bits per heavy atom. The van der Waals surface area contributed by atoms with Crippen LogP contribution in [0.5, 0.6) is 0 Å². The topological polar surface area (TPSA) is 67.6 Å². The molecule has 2 unspecified atom stereocenters. The third-order valence-electron chi connectivity index (χ3n) is 3.43. The van der Waals surface area contributed by atoms with Crippen molar-refractivity contribution < 1.29 is 9.53 Å². The standard InChI is InChI=1S/C11H21N3O2/c12-5-4-9-3-1-2-6-14(9)8-10-7-13-11(15)16-10/h9-10H,1-8,12H2,(H,13,15). The Kier molecular flexibility index (Phi) is 4.01. The van der Waals surface area contributed by atoms with Crippen LogP contribution in [0.3, 0.4) is 0 Å². The van der Waals surface area contributed by atoms with Crippen molar-refractivity contribution in [3.05, 3.63) is 0 Å². The van der Waals surface area contributed by atoms with Gasteiger partial charge in [-0.15, -0.1) is 0 Å². The molecule has 0 bridgehead atoms. The molecule has 16 heavy (non-hydrogen) atoms. The van der Waals surface area contributed by atoms with Gasteiger partial charge in [-0.05, 0) is 32.4 Å². The summed E-state index contributed by atoms with van der Waals surface area (Å²) in [6.07, 6.45) is 4.56. The molecule has 0 saturated carbocycles. The Morgan fingerprint density at radius 3 is 3.06 bits per heavy atom. The van der Waals surface area contributed by atoms with Gasteiger partial charge >= 0.3 is 6.09 Å². The maximum atomic E-state index is 10.9. The number of hydrogen-bond acceptors (Lipinski definition) is 4. The molecule has 0 spiro atoms. The van der Waals surface area contributed by atoms with Gasteiger partial charge in [0.25, 0.3) is 0 Å². The molecular weight excluding hydrogens is 206 g/mol. The van der Waals surface area contributed by atoms with Gasteiger partial charge in [-0.1, -0.05) is 6.42 Å². The van der Waals surface area contributed by atoms with Crippen molar-refractivity contribution in [3.63, 3.8) is 0 Å². The zero-order valence-electron chi connectivity index (χ0n) is 9.65. The first-order valence-electron chi connectivity index (χ1n) is 6.18. The number of nitrogens with two attached hydrogens (primary N) is 1. The maximum Gasteiger partial charge on any atom is 0.407 e. The summed E-state index contributed by atoms with van der Waals surface area (Å²) >= 11 is 0. The van der Waals surface area contributed by atoms with E-state index in [4.69, 9.17) is 10.5 Å². The highest BCUT2D eigenvalue weighted by molar-refractivity contribution is 5.69. The van der Waals surface area contributed by atoms with Crippen LogP contribution in [0.25, 0.3) is 0 Å². The van der Waals surface area contributed by atoms with Gasteiger partial charge in [0.1, 0.15) is 6.10 Å². The molecule has 2 saturated heterocycles. The molecule has 0 aliphatic carbocycles. The number of piperidine rings is 1. The van der Waals surface area contributed by atoms with E-state index in [1.54, 1.807) is 0 Å². The van der Waals surface area contributed by atoms with Crippen molar-refractivity contribution in [2.24, 2.45) is 5.73 Å². The molecule has 2 aliphatic heterocycles. The van der Waals surface area contributed by atoms with Gasteiger partial charge in [-0.3, -0.25) is 4.90 Å². The highest BCUT2D eigenvalue weighted by Gasteiger charge is 2.29. The molecule has 0 radical (unpaired) electrons. The van der Waals surface area contributed by atoms with Gasteiger partial charge in [-0.25, -0.2) is 4.79 Å². The van der Waals surface area contributed by atoms with Crippen LogP contribution in [0.2, 0.25) is 0 Å². The summed E-state index contributed by atoms with van der Waals surface area (Å²) in [6, 6.07) is 0.582. The molecular formula is C11H21N3O2. The summed E-state index contributed by atoms with van der Waals surface area (Å²) in [5.41, 5.74) is 5.63. The van der Waals surface area contributed by atoms with Crippen LogP contribution in [0, 0.1) is 0 Å². The number of nitrogens with zero attached hydrogens (tertiary/aromatic N) is 1. The first kappa shape index (κ1) is 11.7. The molecule has 2 atom stereocenters. The van der Waals surface area contributed by atoms with Crippen molar-refractivity contribution in [3.8, 4) is 0 Å². The van der Waals surface area contributed by atoms with E-state index in [0.29, 0.717) is 12.6 Å². The van der Waals surface area contributed by atoms with E-state index in [9.17, 15) is 4.79 Å². The lowest BCUT2D eigenvalue weighted by atomic mass is 9.99. The van der Waals surface area contributed by atoms with Gasteiger partial charge in [0.2, 0.25) is 0 Å². The largest absolute Gasteiger partial charge is 0.443 e. The zero-order valence-corrected chi connectivity index (χ0v) is 9.65. The summed E-state index contributed by atoms with van der Waals surface area (Å²) in [5.74, 6) is 0. The van der Waals surface area contributed by atoms with E-state index in [1.807, 2.05) is 0 Å². The molecule has 2 heterocycles. The number of nitrogens with one attached hydrogen (secondary N) is 1. The van der Waals surface area contributed by atoms with Crippen LogP contribution >= 0.6 is 0 Å². The summed E-state index contributed by atoms with van der Waals surface area (Å²) in [6.45, 7) is 3.34.